The molecule has 0 spiro atoms. The van der Waals surface area contributed by atoms with Gasteiger partial charge in [-0.25, -0.2) is 18.6 Å². The predicted octanol–water partition coefficient (Wildman–Crippen LogP) is 3.87. The minimum Gasteiger partial charge on any atom is -0.465 e. The lowest BCUT2D eigenvalue weighted by atomic mass is 9.99. The van der Waals surface area contributed by atoms with E-state index in [0.29, 0.717) is 55.1 Å². The van der Waals surface area contributed by atoms with Gasteiger partial charge in [0, 0.05) is 37.0 Å². The molecule has 1 atom stereocenters. The van der Waals surface area contributed by atoms with E-state index in [4.69, 9.17) is 14.5 Å². The van der Waals surface area contributed by atoms with E-state index in [2.05, 4.69) is 9.88 Å². The second-order valence-electron chi connectivity index (χ2n) is 8.23. The molecule has 1 unspecified atom stereocenters. The molecule has 2 aromatic carbocycles. The van der Waals surface area contributed by atoms with Crippen molar-refractivity contribution in [1.29, 1.82) is 0 Å². The SMILES string of the molecule is COC(=O)c1cc(C2CCCN2c2cc(F)cc(F)c2)c2nc(N3CCOCC3)cnc2c1. The first-order valence-corrected chi connectivity index (χ1v) is 11.0. The Morgan fingerprint density at radius 1 is 1.09 bits per heavy atom. The van der Waals surface area contributed by atoms with Crippen molar-refractivity contribution in [1.82, 2.24) is 9.97 Å². The molecule has 2 aliphatic heterocycles. The second-order valence-corrected chi connectivity index (χ2v) is 8.23. The first-order valence-electron chi connectivity index (χ1n) is 11.0. The van der Waals surface area contributed by atoms with Crippen molar-refractivity contribution in [3.8, 4) is 0 Å². The van der Waals surface area contributed by atoms with E-state index in [1.165, 1.54) is 19.2 Å². The summed E-state index contributed by atoms with van der Waals surface area (Å²) in [4.78, 5) is 26.0. The number of fused-ring (bicyclic) bond motifs is 1. The Kier molecular flexibility index (Phi) is 5.80. The number of halogens is 2. The molecular formula is C24H24F2N4O3. The number of rotatable bonds is 4. The average molecular weight is 454 g/mol. The molecule has 0 N–H and O–H groups in total. The van der Waals surface area contributed by atoms with E-state index < -0.39 is 17.6 Å². The highest BCUT2D eigenvalue weighted by molar-refractivity contribution is 5.95. The van der Waals surface area contributed by atoms with Crippen LogP contribution < -0.4 is 9.80 Å². The molecule has 9 heteroatoms. The number of esters is 1. The number of morpholine rings is 1. The van der Waals surface area contributed by atoms with Gasteiger partial charge in [-0.1, -0.05) is 0 Å². The Morgan fingerprint density at radius 3 is 2.58 bits per heavy atom. The topological polar surface area (TPSA) is 67.8 Å². The quantitative estimate of drug-likeness (QED) is 0.555. The van der Waals surface area contributed by atoms with E-state index in [0.717, 1.165) is 30.3 Å². The summed E-state index contributed by atoms with van der Waals surface area (Å²) in [5.74, 6) is -0.991. The number of ether oxygens (including phenoxy) is 2. The van der Waals surface area contributed by atoms with Crippen molar-refractivity contribution in [2.24, 2.45) is 0 Å². The van der Waals surface area contributed by atoms with Crippen LogP contribution >= 0.6 is 0 Å². The lowest BCUT2D eigenvalue weighted by Gasteiger charge is -2.29. The first kappa shape index (κ1) is 21.5. The van der Waals surface area contributed by atoms with Crippen LogP contribution in [-0.4, -0.2) is 55.9 Å². The van der Waals surface area contributed by atoms with Crippen LogP contribution in [0, 0.1) is 11.6 Å². The van der Waals surface area contributed by atoms with Gasteiger partial charge in [0.2, 0.25) is 0 Å². The Morgan fingerprint density at radius 2 is 1.85 bits per heavy atom. The fraction of sp³-hybridized carbons (Fsp3) is 0.375. The summed E-state index contributed by atoms with van der Waals surface area (Å²) in [5, 5.41) is 0. The minimum atomic E-state index is -0.627. The van der Waals surface area contributed by atoms with E-state index in [1.807, 2.05) is 4.90 Å². The summed E-state index contributed by atoms with van der Waals surface area (Å²) in [6.45, 7) is 3.31. The van der Waals surface area contributed by atoms with Gasteiger partial charge in [0.05, 0.1) is 49.2 Å². The van der Waals surface area contributed by atoms with Gasteiger partial charge in [-0.2, -0.15) is 0 Å². The maximum absolute atomic E-state index is 14.0. The fourth-order valence-corrected chi connectivity index (χ4v) is 4.67. The Hall–Kier alpha value is -3.33. The zero-order valence-electron chi connectivity index (χ0n) is 18.3. The summed E-state index contributed by atoms with van der Waals surface area (Å²) < 4.78 is 38.3. The highest BCUT2D eigenvalue weighted by Gasteiger charge is 2.30. The van der Waals surface area contributed by atoms with Crippen molar-refractivity contribution in [2.45, 2.75) is 18.9 Å². The number of methoxy groups -OCH3 is 1. The molecule has 2 saturated heterocycles. The molecule has 0 amide bonds. The van der Waals surface area contributed by atoms with Gasteiger partial charge in [0.25, 0.3) is 0 Å². The number of carbonyl (C=O) groups is 1. The van der Waals surface area contributed by atoms with E-state index in [9.17, 15) is 13.6 Å². The largest absolute Gasteiger partial charge is 0.465 e. The molecule has 0 bridgehead atoms. The van der Waals surface area contributed by atoms with Gasteiger partial charge in [-0.3, -0.25) is 4.98 Å². The number of aromatic nitrogens is 2. The molecule has 0 radical (unpaired) electrons. The molecule has 1 aromatic heterocycles. The third-order valence-corrected chi connectivity index (χ3v) is 6.21. The van der Waals surface area contributed by atoms with Gasteiger partial charge in [0.1, 0.15) is 17.5 Å². The Balaban J connectivity index is 1.64. The third kappa shape index (κ3) is 4.20. The van der Waals surface area contributed by atoms with Crippen LogP contribution in [-0.2, 0) is 9.47 Å². The van der Waals surface area contributed by atoms with Gasteiger partial charge in [0.15, 0.2) is 0 Å². The summed E-state index contributed by atoms with van der Waals surface area (Å²) >= 11 is 0. The average Bonchev–Trinajstić information content (AvgIpc) is 3.32. The van der Waals surface area contributed by atoms with E-state index in [-0.39, 0.29) is 6.04 Å². The van der Waals surface area contributed by atoms with Gasteiger partial charge < -0.3 is 19.3 Å². The Labute approximate surface area is 189 Å². The molecule has 33 heavy (non-hydrogen) atoms. The van der Waals surface area contributed by atoms with Crippen molar-refractivity contribution in [3.05, 3.63) is 59.3 Å². The second kappa shape index (κ2) is 8.90. The Bertz CT molecular complexity index is 1180. The number of nitrogens with zero attached hydrogens (tertiary/aromatic N) is 4. The number of carbonyl (C=O) groups excluding carboxylic acids is 1. The highest BCUT2D eigenvalue weighted by Crippen LogP contribution is 2.39. The normalized spacial score (nSPS) is 18.7. The lowest BCUT2D eigenvalue weighted by molar-refractivity contribution is 0.0600. The van der Waals surface area contributed by atoms with Crippen molar-refractivity contribution in [3.63, 3.8) is 0 Å². The maximum Gasteiger partial charge on any atom is 0.337 e. The van der Waals surface area contributed by atoms with Gasteiger partial charge >= 0.3 is 5.97 Å². The molecule has 3 aromatic rings. The predicted molar refractivity (Wildman–Crippen MR) is 120 cm³/mol. The number of anilines is 2. The number of benzene rings is 2. The maximum atomic E-state index is 14.0. The summed E-state index contributed by atoms with van der Waals surface area (Å²) in [7, 11) is 1.33. The molecule has 0 saturated carbocycles. The molecule has 2 aliphatic rings. The van der Waals surface area contributed by atoms with Crippen LogP contribution in [0.3, 0.4) is 0 Å². The van der Waals surface area contributed by atoms with Crippen LogP contribution in [0.15, 0.2) is 36.5 Å². The zero-order valence-corrected chi connectivity index (χ0v) is 18.3. The zero-order chi connectivity index (χ0) is 22.9. The molecular weight excluding hydrogens is 430 g/mol. The van der Waals surface area contributed by atoms with Crippen LogP contribution in [0.25, 0.3) is 11.0 Å². The van der Waals surface area contributed by atoms with Gasteiger partial charge in [-0.05, 0) is 37.1 Å². The molecule has 7 nitrogen and oxygen atoms in total. The first-order chi connectivity index (χ1) is 16.0. The molecule has 0 aliphatic carbocycles. The monoisotopic (exact) mass is 454 g/mol. The standard InChI is InChI=1S/C24H24F2N4O3/c1-32-24(31)15-9-19(21-3-2-4-30(21)18-12-16(25)11-17(26)13-18)23-20(10-15)27-14-22(28-23)29-5-7-33-8-6-29/h9-14,21H,2-8H2,1H3. The molecule has 2 fully saturated rings. The third-order valence-electron chi connectivity index (χ3n) is 6.21. The highest BCUT2D eigenvalue weighted by atomic mass is 19.1. The van der Waals surface area contributed by atoms with Gasteiger partial charge in [-0.15, -0.1) is 0 Å². The van der Waals surface area contributed by atoms with Crippen LogP contribution in [0.2, 0.25) is 0 Å². The molecule has 172 valence electrons. The lowest BCUT2D eigenvalue weighted by Crippen LogP contribution is -2.36. The molecule has 5 rings (SSSR count). The van der Waals surface area contributed by atoms with Crippen molar-refractivity contribution < 1.29 is 23.0 Å². The molecule has 3 heterocycles. The fourth-order valence-electron chi connectivity index (χ4n) is 4.67. The van der Waals surface area contributed by atoms with Crippen molar-refractivity contribution in [2.75, 3.05) is 49.8 Å². The number of hydrogen-bond acceptors (Lipinski definition) is 7. The van der Waals surface area contributed by atoms with Crippen molar-refractivity contribution >= 4 is 28.5 Å². The smallest absolute Gasteiger partial charge is 0.337 e. The van der Waals surface area contributed by atoms with E-state index >= 15 is 0 Å². The summed E-state index contributed by atoms with van der Waals surface area (Å²) in [5.41, 5.74) is 2.86. The van der Waals surface area contributed by atoms with E-state index in [1.54, 1.807) is 18.3 Å². The summed E-state index contributed by atoms with van der Waals surface area (Å²) in [6.07, 6.45) is 3.29. The number of hydrogen-bond donors (Lipinski definition) is 0. The summed E-state index contributed by atoms with van der Waals surface area (Å²) in [6, 6.07) is 6.75. The van der Waals surface area contributed by atoms with Crippen LogP contribution in [0.4, 0.5) is 20.3 Å². The minimum absolute atomic E-state index is 0.215. The van der Waals surface area contributed by atoms with Crippen LogP contribution in [0.5, 0.6) is 0 Å². The van der Waals surface area contributed by atoms with Crippen LogP contribution in [0.1, 0.15) is 34.8 Å².